The van der Waals surface area contributed by atoms with E-state index in [0.717, 1.165) is 25.7 Å². The number of unbranched alkanes of at least 4 members (excludes halogenated alkanes) is 11. The van der Waals surface area contributed by atoms with Crippen LogP contribution in [0.2, 0.25) is 0 Å². The van der Waals surface area contributed by atoms with Gasteiger partial charge in [-0.25, -0.2) is 0 Å². The fourth-order valence-corrected chi connectivity index (χ4v) is 3.38. The van der Waals surface area contributed by atoms with Crippen molar-refractivity contribution in [2.75, 3.05) is 6.61 Å². The summed E-state index contributed by atoms with van der Waals surface area (Å²) in [6, 6.07) is 0. The van der Waals surface area contributed by atoms with Crippen LogP contribution in [0.4, 0.5) is 0 Å². The molecule has 0 radical (unpaired) electrons. The van der Waals surface area contributed by atoms with Crippen molar-refractivity contribution in [3.63, 3.8) is 0 Å². The Labute approximate surface area is 188 Å². The quantitative estimate of drug-likeness (QED) is 0.112. The third-order valence-corrected chi connectivity index (χ3v) is 5.41. The van der Waals surface area contributed by atoms with Gasteiger partial charge in [-0.2, -0.15) is 0 Å². The van der Waals surface area contributed by atoms with Crippen molar-refractivity contribution in [2.24, 2.45) is 0 Å². The van der Waals surface area contributed by atoms with Crippen molar-refractivity contribution in [2.45, 2.75) is 130 Å². The zero-order valence-electron chi connectivity index (χ0n) is 20.6. The van der Waals surface area contributed by atoms with Gasteiger partial charge in [-0.3, -0.25) is 4.79 Å². The summed E-state index contributed by atoms with van der Waals surface area (Å²) in [5.74, 6) is -0.0547. The van der Waals surface area contributed by atoms with Crippen LogP contribution in [0.1, 0.15) is 130 Å². The van der Waals surface area contributed by atoms with Crippen LogP contribution >= 0.6 is 0 Å². The van der Waals surface area contributed by atoms with Crippen LogP contribution in [0.3, 0.4) is 0 Å². The number of carbonyl (C=O) groups excluding carboxylic acids is 1. The minimum Gasteiger partial charge on any atom is -0.461 e. The molecule has 0 heterocycles. The maximum absolute atomic E-state index is 11.8. The van der Waals surface area contributed by atoms with Gasteiger partial charge in [-0.05, 0) is 71.8 Å². The van der Waals surface area contributed by atoms with E-state index in [1.165, 1.54) is 81.8 Å². The van der Waals surface area contributed by atoms with Gasteiger partial charge in [0.05, 0.1) is 0 Å². The van der Waals surface area contributed by atoms with Crippen LogP contribution in [0.5, 0.6) is 0 Å². The Hall–Kier alpha value is -1.31. The second-order valence-electron chi connectivity index (χ2n) is 8.89. The highest BCUT2D eigenvalue weighted by Gasteiger charge is 2.01. The van der Waals surface area contributed by atoms with E-state index in [1.54, 1.807) is 0 Å². The average molecular weight is 419 g/mol. The highest BCUT2D eigenvalue weighted by atomic mass is 16.5. The van der Waals surface area contributed by atoms with Crippen LogP contribution in [0.25, 0.3) is 0 Å². The monoisotopic (exact) mass is 418 g/mol. The number of allylic oxidation sites excluding steroid dienone is 5. The highest BCUT2D eigenvalue weighted by molar-refractivity contribution is 5.69. The lowest BCUT2D eigenvalue weighted by Gasteiger charge is -2.04. The molecule has 0 aromatic carbocycles. The summed E-state index contributed by atoms with van der Waals surface area (Å²) < 4.78 is 5.32. The molecule has 174 valence electrons. The lowest BCUT2D eigenvalue weighted by atomic mass is 10.1. The molecule has 30 heavy (non-hydrogen) atoms. The molecule has 0 unspecified atom stereocenters. The molecule has 0 aliphatic carbocycles. The zero-order valence-corrected chi connectivity index (χ0v) is 20.6. The molecule has 0 atom stereocenters. The van der Waals surface area contributed by atoms with Crippen molar-refractivity contribution in [1.82, 2.24) is 0 Å². The topological polar surface area (TPSA) is 26.3 Å². The standard InChI is InChI=1S/C28H50O2/c1-5-6-7-8-9-10-11-12-13-14-15-16-17-18-19-23-28(29)30-25-24-27(4)22-20-21-26(2)3/h12-13,21,24H,5-11,14-20,22-23,25H2,1-4H3/b13-12+,27-24?. The first-order valence-corrected chi connectivity index (χ1v) is 12.7. The SMILES string of the molecule is CCCCCCCC/C=C/CCCCCCCC(=O)OCC=C(C)CCC=C(C)C. The van der Waals surface area contributed by atoms with Gasteiger partial charge >= 0.3 is 5.97 Å². The third-order valence-electron chi connectivity index (χ3n) is 5.41. The first kappa shape index (κ1) is 28.7. The maximum Gasteiger partial charge on any atom is 0.306 e. The molecular weight excluding hydrogens is 368 g/mol. The Balaban J connectivity index is 3.42. The number of rotatable bonds is 20. The van der Waals surface area contributed by atoms with Crippen molar-refractivity contribution in [3.05, 3.63) is 35.5 Å². The van der Waals surface area contributed by atoms with Crippen LogP contribution in [0, 0.1) is 0 Å². The van der Waals surface area contributed by atoms with E-state index in [9.17, 15) is 4.79 Å². The third kappa shape index (κ3) is 23.0. The van der Waals surface area contributed by atoms with E-state index < -0.39 is 0 Å². The van der Waals surface area contributed by atoms with Crippen molar-refractivity contribution < 1.29 is 9.53 Å². The van der Waals surface area contributed by atoms with Gasteiger partial charge in [-0.1, -0.05) is 87.7 Å². The van der Waals surface area contributed by atoms with E-state index >= 15 is 0 Å². The molecule has 0 aromatic heterocycles. The molecule has 0 saturated carbocycles. The minimum atomic E-state index is -0.0547. The molecule has 0 N–H and O–H groups in total. The number of ether oxygens (including phenoxy) is 1. The van der Waals surface area contributed by atoms with Crippen LogP contribution in [-0.4, -0.2) is 12.6 Å². The maximum atomic E-state index is 11.8. The summed E-state index contributed by atoms with van der Waals surface area (Å²) in [7, 11) is 0. The van der Waals surface area contributed by atoms with E-state index in [2.05, 4.69) is 45.9 Å². The van der Waals surface area contributed by atoms with Gasteiger partial charge < -0.3 is 4.74 Å². The highest BCUT2D eigenvalue weighted by Crippen LogP contribution is 2.11. The molecule has 0 amide bonds. The molecule has 0 saturated heterocycles. The van der Waals surface area contributed by atoms with Gasteiger partial charge in [0.15, 0.2) is 0 Å². The van der Waals surface area contributed by atoms with Crippen LogP contribution in [0.15, 0.2) is 35.5 Å². The summed E-state index contributed by atoms with van der Waals surface area (Å²) in [6.45, 7) is 9.04. The zero-order chi connectivity index (χ0) is 22.3. The normalized spacial score (nSPS) is 11.8. The van der Waals surface area contributed by atoms with E-state index in [0.29, 0.717) is 13.0 Å². The molecule has 0 bridgehead atoms. The fourth-order valence-electron chi connectivity index (χ4n) is 3.38. The molecular formula is C28H50O2. The molecule has 0 fully saturated rings. The first-order valence-electron chi connectivity index (χ1n) is 12.7. The van der Waals surface area contributed by atoms with Crippen LogP contribution in [-0.2, 0) is 9.53 Å². The molecule has 0 aliphatic heterocycles. The molecule has 0 spiro atoms. The van der Waals surface area contributed by atoms with E-state index in [4.69, 9.17) is 4.74 Å². The van der Waals surface area contributed by atoms with Gasteiger partial charge in [0, 0.05) is 6.42 Å². The molecule has 2 heteroatoms. The summed E-state index contributed by atoms with van der Waals surface area (Å²) in [6.07, 6.45) is 28.3. The predicted octanol–water partition coefficient (Wildman–Crippen LogP) is 9.26. The Morgan fingerprint density at radius 3 is 1.83 bits per heavy atom. The summed E-state index contributed by atoms with van der Waals surface area (Å²) in [5.41, 5.74) is 2.65. The van der Waals surface area contributed by atoms with E-state index in [1.807, 2.05) is 6.08 Å². The van der Waals surface area contributed by atoms with Crippen molar-refractivity contribution in [1.29, 1.82) is 0 Å². The molecule has 2 nitrogen and oxygen atoms in total. The summed E-state index contributed by atoms with van der Waals surface area (Å²) in [5, 5.41) is 0. The second kappa shape index (κ2) is 22.4. The van der Waals surface area contributed by atoms with E-state index in [-0.39, 0.29) is 5.97 Å². The lowest BCUT2D eigenvalue weighted by Crippen LogP contribution is -2.04. The second-order valence-corrected chi connectivity index (χ2v) is 8.89. The smallest absolute Gasteiger partial charge is 0.306 e. The number of hydrogen-bond donors (Lipinski definition) is 0. The van der Waals surface area contributed by atoms with Gasteiger partial charge in [-0.15, -0.1) is 0 Å². The number of esters is 1. The largest absolute Gasteiger partial charge is 0.461 e. The summed E-state index contributed by atoms with van der Waals surface area (Å²) >= 11 is 0. The molecule has 0 aromatic rings. The summed E-state index contributed by atoms with van der Waals surface area (Å²) in [4.78, 5) is 11.8. The Kier molecular flexibility index (Phi) is 21.4. The predicted molar refractivity (Wildman–Crippen MR) is 133 cm³/mol. The van der Waals surface area contributed by atoms with Gasteiger partial charge in [0.2, 0.25) is 0 Å². The Morgan fingerprint density at radius 1 is 0.667 bits per heavy atom. The molecule has 0 rings (SSSR count). The lowest BCUT2D eigenvalue weighted by molar-refractivity contribution is -0.142. The average Bonchev–Trinajstić information content (AvgIpc) is 2.70. The number of hydrogen-bond acceptors (Lipinski definition) is 2. The first-order chi connectivity index (χ1) is 14.6. The van der Waals surface area contributed by atoms with Crippen molar-refractivity contribution in [3.8, 4) is 0 Å². The van der Waals surface area contributed by atoms with Gasteiger partial charge in [0.1, 0.15) is 6.61 Å². The number of carbonyl (C=O) groups is 1. The van der Waals surface area contributed by atoms with Crippen LogP contribution < -0.4 is 0 Å². The minimum absolute atomic E-state index is 0.0547. The Bertz CT molecular complexity index is 481. The van der Waals surface area contributed by atoms with Gasteiger partial charge in [0.25, 0.3) is 0 Å². The van der Waals surface area contributed by atoms with Crippen molar-refractivity contribution >= 4 is 5.97 Å². The Morgan fingerprint density at radius 2 is 1.23 bits per heavy atom. The molecule has 0 aliphatic rings. The fraction of sp³-hybridized carbons (Fsp3) is 0.750.